The summed E-state index contributed by atoms with van der Waals surface area (Å²) in [6.07, 6.45) is 0. The molecule has 21 heavy (non-hydrogen) atoms. The number of aromatic nitrogens is 2. The second-order valence-electron chi connectivity index (χ2n) is 4.39. The van der Waals surface area contributed by atoms with Gasteiger partial charge in [-0.1, -0.05) is 23.7 Å². The van der Waals surface area contributed by atoms with Crippen molar-refractivity contribution in [1.29, 1.82) is 0 Å². The topological polar surface area (TPSA) is 64.2 Å². The van der Waals surface area contributed by atoms with Gasteiger partial charge in [0.25, 0.3) is 0 Å². The monoisotopic (exact) mass is 328 g/mol. The number of benzene rings is 1. The number of aromatic amines is 1. The first-order valence-electron chi connectivity index (χ1n) is 6.72. The summed E-state index contributed by atoms with van der Waals surface area (Å²) in [6, 6.07) is 7.26. The molecular weight excluding hydrogens is 311 g/mol. The molecule has 0 spiro atoms. The Labute approximate surface area is 129 Å². The first-order valence-corrected chi connectivity index (χ1v) is 8.64. The SMILES string of the molecule is CCOP(=O)(OCC)c1n[nH]c(C)c1-c1ccc(Cl)cc1. The lowest BCUT2D eigenvalue weighted by atomic mass is 10.1. The third kappa shape index (κ3) is 3.38. The fourth-order valence-electron chi connectivity index (χ4n) is 2.08. The molecule has 0 saturated heterocycles. The Hall–Kier alpha value is -1.13. The molecule has 114 valence electrons. The molecule has 7 heteroatoms. The molecule has 0 aliphatic carbocycles. The number of hydrogen-bond acceptors (Lipinski definition) is 4. The van der Waals surface area contributed by atoms with E-state index in [-0.39, 0.29) is 13.2 Å². The highest BCUT2D eigenvalue weighted by molar-refractivity contribution is 7.62. The van der Waals surface area contributed by atoms with E-state index in [0.717, 1.165) is 16.8 Å². The van der Waals surface area contributed by atoms with E-state index < -0.39 is 7.60 Å². The van der Waals surface area contributed by atoms with E-state index in [0.29, 0.717) is 10.5 Å². The largest absolute Gasteiger partial charge is 0.382 e. The minimum Gasteiger partial charge on any atom is -0.304 e. The van der Waals surface area contributed by atoms with Gasteiger partial charge in [-0.3, -0.25) is 9.66 Å². The highest BCUT2D eigenvalue weighted by Gasteiger charge is 2.34. The Kier molecular flexibility index (Phi) is 5.22. The molecule has 0 radical (unpaired) electrons. The summed E-state index contributed by atoms with van der Waals surface area (Å²) in [5.74, 6) is 0. The fourth-order valence-corrected chi connectivity index (χ4v) is 3.94. The van der Waals surface area contributed by atoms with Gasteiger partial charge in [0, 0.05) is 16.3 Å². The lowest BCUT2D eigenvalue weighted by Crippen LogP contribution is -2.14. The van der Waals surface area contributed by atoms with Crippen LogP contribution in [0.4, 0.5) is 0 Å². The molecule has 1 aromatic carbocycles. The molecule has 0 saturated carbocycles. The van der Waals surface area contributed by atoms with Crippen molar-refractivity contribution < 1.29 is 13.6 Å². The van der Waals surface area contributed by atoms with Crippen LogP contribution in [0, 0.1) is 6.92 Å². The molecule has 0 fully saturated rings. The maximum Gasteiger partial charge on any atom is 0.382 e. The van der Waals surface area contributed by atoms with E-state index in [2.05, 4.69) is 10.2 Å². The molecule has 0 bridgehead atoms. The number of rotatable bonds is 6. The Balaban J connectivity index is 2.55. The van der Waals surface area contributed by atoms with Crippen molar-refractivity contribution in [3.05, 3.63) is 35.0 Å². The lowest BCUT2D eigenvalue weighted by Gasteiger charge is -2.16. The zero-order valence-corrected chi connectivity index (χ0v) is 13.9. The van der Waals surface area contributed by atoms with Gasteiger partial charge in [-0.25, -0.2) is 0 Å². The van der Waals surface area contributed by atoms with Crippen LogP contribution in [0.1, 0.15) is 19.5 Å². The zero-order chi connectivity index (χ0) is 15.5. The van der Waals surface area contributed by atoms with Gasteiger partial charge in [-0.15, -0.1) is 0 Å². The van der Waals surface area contributed by atoms with Crippen LogP contribution < -0.4 is 5.44 Å². The molecular formula is C14H18ClN2O3P. The van der Waals surface area contributed by atoms with E-state index in [1.165, 1.54) is 0 Å². The quantitative estimate of drug-likeness (QED) is 0.816. The second kappa shape index (κ2) is 6.75. The third-order valence-electron chi connectivity index (χ3n) is 2.92. The van der Waals surface area contributed by atoms with Crippen molar-refractivity contribution in [3.8, 4) is 11.1 Å². The Morgan fingerprint density at radius 2 is 1.76 bits per heavy atom. The van der Waals surface area contributed by atoms with E-state index in [4.69, 9.17) is 20.6 Å². The summed E-state index contributed by atoms with van der Waals surface area (Å²) < 4.78 is 23.7. The number of nitrogens with zero attached hydrogens (tertiary/aromatic N) is 1. The maximum atomic E-state index is 12.9. The van der Waals surface area contributed by atoms with Crippen molar-refractivity contribution in [2.75, 3.05) is 13.2 Å². The summed E-state index contributed by atoms with van der Waals surface area (Å²) >= 11 is 5.91. The normalized spacial score (nSPS) is 11.8. The van der Waals surface area contributed by atoms with E-state index >= 15 is 0 Å². The van der Waals surface area contributed by atoms with Gasteiger partial charge in [0.2, 0.25) is 0 Å². The molecule has 1 aromatic heterocycles. The number of H-pyrrole nitrogens is 1. The van der Waals surface area contributed by atoms with Crippen LogP contribution in [0.25, 0.3) is 11.1 Å². The molecule has 0 atom stereocenters. The predicted molar refractivity (Wildman–Crippen MR) is 84.3 cm³/mol. The van der Waals surface area contributed by atoms with Crippen molar-refractivity contribution in [3.63, 3.8) is 0 Å². The van der Waals surface area contributed by atoms with Gasteiger partial charge in [0.05, 0.1) is 13.2 Å². The highest BCUT2D eigenvalue weighted by atomic mass is 35.5. The predicted octanol–water partition coefficient (Wildman–Crippen LogP) is 3.93. The highest BCUT2D eigenvalue weighted by Crippen LogP contribution is 2.49. The van der Waals surface area contributed by atoms with Gasteiger partial charge < -0.3 is 9.05 Å². The minimum absolute atomic E-state index is 0.281. The molecule has 0 unspecified atom stereocenters. The van der Waals surface area contributed by atoms with Crippen LogP contribution in [0.5, 0.6) is 0 Å². The van der Waals surface area contributed by atoms with Gasteiger partial charge in [-0.2, -0.15) is 5.10 Å². The summed E-state index contributed by atoms with van der Waals surface area (Å²) in [5, 5.41) is 7.65. The first kappa shape index (κ1) is 16.2. The van der Waals surface area contributed by atoms with E-state index in [9.17, 15) is 4.57 Å². The summed E-state index contributed by atoms with van der Waals surface area (Å²) in [5.41, 5.74) is 2.70. The zero-order valence-electron chi connectivity index (χ0n) is 12.2. The van der Waals surface area contributed by atoms with E-state index in [1.54, 1.807) is 26.0 Å². The molecule has 2 rings (SSSR count). The molecule has 5 nitrogen and oxygen atoms in total. The maximum absolute atomic E-state index is 12.9. The van der Waals surface area contributed by atoms with Crippen molar-refractivity contribution >= 4 is 24.6 Å². The lowest BCUT2D eigenvalue weighted by molar-refractivity contribution is 0.229. The molecule has 0 aliphatic rings. The Morgan fingerprint density at radius 1 is 1.19 bits per heavy atom. The van der Waals surface area contributed by atoms with Crippen LogP contribution in [-0.4, -0.2) is 23.4 Å². The summed E-state index contributed by atoms with van der Waals surface area (Å²) in [6.45, 7) is 5.97. The Bertz CT molecular complexity index is 645. The number of nitrogens with one attached hydrogen (secondary N) is 1. The van der Waals surface area contributed by atoms with Crippen LogP contribution >= 0.6 is 19.2 Å². The van der Waals surface area contributed by atoms with Gasteiger partial charge in [0.15, 0.2) is 5.44 Å². The summed E-state index contributed by atoms with van der Waals surface area (Å²) in [7, 11) is -3.44. The average Bonchev–Trinajstić information content (AvgIpc) is 2.83. The molecule has 0 amide bonds. The van der Waals surface area contributed by atoms with Crippen molar-refractivity contribution in [2.24, 2.45) is 0 Å². The fraction of sp³-hybridized carbons (Fsp3) is 0.357. The van der Waals surface area contributed by atoms with Gasteiger partial charge in [0.1, 0.15) is 0 Å². The van der Waals surface area contributed by atoms with Crippen molar-refractivity contribution in [1.82, 2.24) is 10.2 Å². The van der Waals surface area contributed by atoms with Crippen LogP contribution in [0.3, 0.4) is 0 Å². The van der Waals surface area contributed by atoms with Crippen LogP contribution in [0.2, 0.25) is 5.02 Å². The van der Waals surface area contributed by atoms with Crippen molar-refractivity contribution in [2.45, 2.75) is 20.8 Å². The van der Waals surface area contributed by atoms with Gasteiger partial charge >= 0.3 is 7.60 Å². The molecule has 0 aliphatic heterocycles. The molecule has 2 aromatic rings. The Morgan fingerprint density at radius 3 is 2.29 bits per heavy atom. The minimum atomic E-state index is -3.44. The average molecular weight is 329 g/mol. The smallest absolute Gasteiger partial charge is 0.304 e. The number of halogens is 1. The number of hydrogen-bond donors (Lipinski definition) is 1. The summed E-state index contributed by atoms with van der Waals surface area (Å²) in [4.78, 5) is 0. The van der Waals surface area contributed by atoms with Gasteiger partial charge in [-0.05, 0) is 38.5 Å². The standard InChI is InChI=1S/C14H18ClN2O3P/c1-4-19-21(18,20-5-2)14-13(10(3)16-17-14)11-6-8-12(15)9-7-11/h6-9H,4-5H2,1-3H3,(H,16,17). The van der Waals surface area contributed by atoms with E-state index in [1.807, 2.05) is 19.1 Å². The van der Waals surface area contributed by atoms with Crippen LogP contribution in [-0.2, 0) is 13.6 Å². The second-order valence-corrected chi connectivity index (χ2v) is 6.76. The molecule has 1 heterocycles. The third-order valence-corrected chi connectivity index (χ3v) is 5.21. The first-order chi connectivity index (χ1) is 10.0. The number of aryl methyl sites for hydroxylation is 1. The van der Waals surface area contributed by atoms with Crippen LogP contribution in [0.15, 0.2) is 24.3 Å². The molecule has 1 N–H and O–H groups in total.